The summed E-state index contributed by atoms with van der Waals surface area (Å²) in [6, 6.07) is 6.12. The fourth-order valence-electron chi connectivity index (χ4n) is 1.97. The van der Waals surface area contributed by atoms with Crippen LogP contribution in [0.5, 0.6) is 0 Å². The summed E-state index contributed by atoms with van der Waals surface area (Å²) in [7, 11) is 0. The summed E-state index contributed by atoms with van der Waals surface area (Å²) in [5, 5.41) is 3.01. The number of amides is 1. The van der Waals surface area contributed by atoms with Crippen LogP contribution in [0, 0.1) is 19.3 Å². The number of thiol groups is 1. The topological polar surface area (TPSA) is 29.1 Å². The predicted octanol–water partition coefficient (Wildman–Crippen LogP) is 3.34. The van der Waals surface area contributed by atoms with Crippen molar-refractivity contribution < 1.29 is 4.79 Å². The van der Waals surface area contributed by atoms with Gasteiger partial charge in [-0.05, 0) is 55.1 Å². The molecule has 0 unspecified atom stereocenters. The van der Waals surface area contributed by atoms with E-state index >= 15 is 0 Å². The Labute approximate surface area is 108 Å². The zero-order valence-corrected chi connectivity index (χ0v) is 11.3. The summed E-state index contributed by atoms with van der Waals surface area (Å²) >= 11 is 4.32. The van der Waals surface area contributed by atoms with Crippen molar-refractivity contribution in [3.05, 3.63) is 29.3 Å². The van der Waals surface area contributed by atoms with Crippen LogP contribution in [0.15, 0.2) is 18.2 Å². The summed E-state index contributed by atoms with van der Waals surface area (Å²) in [6.45, 7) is 4.05. The van der Waals surface area contributed by atoms with E-state index in [1.54, 1.807) is 0 Å². The molecule has 92 valence electrons. The molecule has 1 aromatic carbocycles. The number of anilines is 1. The summed E-state index contributed by atoms with van der Waals surface area (Å²) < 4.78 is 0. The first-order valence-corrected chi connectivity index (χ1v) is 6.66. The number of carbonyl (C=O) groups excluding carboxylic acids is 1. The molecule has 0 aromatic heterocycles. The zero-order valence-electron chi connectivity index (χ0n) is 10.4. The molecule has 2 nitrogen and oxygen atoms in total. The second-order valence-electron chi connectivity index (χ2n) is 5.20. The van der Waals surface area contributed by atoms with E-state index < -0.39 is 0 Å². The minimum absolute atomic E-state index is 0.116. The van der Waals surface area contributed by atoms with Crippen LogP contribution in [0.25, 0.3) is 0 Å². The van der Waals surface area contributed by atoms with Gasteiger partial charge in [-0.25, -0.2) is 0 Å². The van der Waals surface area contributed by atoms with E-state index in [9.17, 15) is 4.79 Å². The molecule has 0 spiro atoms. The molecule has 0 atom stereocenters. The van der Waals surface area contributed by atoms with E-state index in [1.807, 2.05) is 26.0 Å². The number of nitrogens with one attached hydrogen (secondary N) is 1. The third-order valence-electron chi connectivity index (χ3n) is 3.50. The smallest absolute Gasteiger partial charge is 0.224 e. The molecule has 0 bridgehead atoms. The molecule has 1 aliphatic rings. The molecule has 3 heteroatoms. The van der Waals surface area contributed by atoms with E-state index in [0.29, 0.717) is 6.42 Å². The Hall–Kier alpha value is -0.960. The van der Waals surface area contributed by atoms with Crippen LogP contribution in [0.1, 0.15) is 30.4 Å². The molecular weight excluding hydrogens is 230 g/mol. The highest BCUT2D eigenvalue weighted by Gasteiger charge is 2.42. The predicted molar refractivity (Wildman–Crippen MR) is 74.7 cm³/mol. The van der Waals surface area contributed by atoms with E-state index in [1.165, 1.54) is 5.56 Å². The van der Waals surface area contributed by atoms with Gasteiger partial charge in [-0.3, -0.25) is 4.79 Å². The number of rotatable bonds is 4. The fourth-order valence-corrected chi connectivity index (χ4v) is 2.40. The Morgan fingerprint density at radius 2 is 2.12 bits per heavy atom. The number of benzene rings is 1. The molecule has 2 rings (SSSR count). The van der Waals surface area contributed by atoms with Crippen LogP contribution < -0.4 is 5.32 Å². The molecule has 1 fully saturated rings. The third kappa shape index (κ3) is 3.03. The van der Waals surface area contributed by atoms with Crippen molar-refractivity contribution in [1.29, 1.82) is 0 Å². The molecule has 0 heterocycles. The van der Waals surface area contributed by atoms with Gasteiger partial charge in [-0.2, -0.15) is 12.6 Å². The normalized spacial score (nSPS) is 16.6. The van der Waals surface area contributed by atoms with Crippen LogP contribution in [0.2, 0.25) is 0 Å². The number of hydrogen-bond acceptors (Lipinski definition) is 2. The fraction of sp³-hybridized carbons (Fsp3) is 0.500. The lowest BCUT2D eigenvalue weighted by Gasteiger charge is -2.13. The largest absolute Gasteiger partial charge is 0.326 e. The Morgan fingerprint density at radius 3 is 2.71 bits per heavy atom. The van der Waals surface area contributed by atoms with Gasteiger partial charge in [0.25, 0.3) is 0 Å². The van der Waals surface area contributed by atoms with Crippen LogP contribution in [0.4, 0.5) is 5.69 Å². The van der Waals surface area contributed by atoms with Crippen molar-refractivity contribution in [3.63, 3.8) is 0 Å². The van der Waals surface area contributed by atoms with Crippen LogP contribution in [0.3, 0.4) is 0 Å². The second kappa shape index (κ2) is 4.73. The Bertz CT molecular complexity index is 438. The first-order valence-electron chi connectivity index (χ1n) is 6.03. The van der Waals surface area contributed by atoms with Gasteiger partial charge in [0.05, 0.1) is 0 Å². The summed E-state index contributed by atoms with van der Waals surface area (Å²) in [6.07, 6.45) is 2.87. The van der Waals surface area contributed by atoms with Crippen molar-refractivity contribution >= 4 is 24.2 Å². The van der Waals surface area contributed by atoms with Gasteiger partial charge in [0, 0.05) is 12.1 Å². The van der Waals surface area contributed by atoms with Crippen LogP contribution in [-0.4, -0.2) is 11.7 Å². The number of aryl methyl sites for hydroxylation is 2. The zero-order chi connectivity index (χ0) is 12.5. The lowest BCUT2D eigenvalue weighted by molar-refractivity contribution is -0.117. The first-order chi connectivity index (χ1) is 8.04. The maximum Gasteiger partial charge on any atom is 0.224 e. The van der Waals surface area contributed by atoms with E-state index in [-0.39, 0.29) is 11.3 Å². The van der Waals surface area contributed by atoms with Gasteiger partial charge in [0.2, 0.25) is 5.91 Å². The van der Waals surface area contributed by atoms with Gasteiger partial charge in [-0.15, -0.1) is 0 Å². The van der Waals surface area contributed by atoms with Crippen molar-refractivity contribution in [2.45, 2.75) is 33.1 Å². The Kier molecular flexibility index (Phi) is 3.48. The first kappa shape index (κ1) is 12.5. The van der Waals surface area contributed by atoms with Crippen LogP contribution in [-0.2, 0) is 4.79 Å². The highest BCUT2D eigenvalue weighted by Crippen LogP contribution is 2.49. The standard InChI is InChI=1S/C14H19NOS/c1-10-3-4-11(2)12(7-10)15-13(16)8-14(9-17)5-6-14/h3-4,7,17H,5-6,8-9H2,1-2H3,(H,15,16). The van der Waals surface area contributed by atoms with Crippen molar-refractivity contribution in [2.75, 3.05) is 11.1 Å². The van der Waals surface area contributed by atoms with Gasteiger partial charge >= 0.3 is 0 Å². The minimum Gasteiger partial charge on any atom is -0.326 e. The van der Waals surface area contributed by atoms with Gasteiger partial charge in [0.1, 0.15) is 0 Å². The van der Waals surface area contributed by atoms with E-state index in [4.69, 9.17) is 0 Å². The van der Waals surface area contributed by atoms with Crippen molar-refractivity contribution in [2.24, 2.45) is 5.41 Å². The van der Waals surface area contributed by atoms with Crippen molar-refractivity contribution in [1.82, 2.24) is 0 Å². The minimum atomic E-state index is 0.116. The molecule has 0 aliphatic heterocycles. The highest BCUT2D eigenvalue weighted by molar-refractivity contribution is 7.80. The number of hydrogen-bond donors (Lipinski definition) is 2. The molecule has 1 amide bonds. The average Bonchev–Trinajstić information content (AvgIpc) is 3.04. The summed E-state index contributed by atoms with van der Waals surface area (Å²) in [4.78, 5) is 11.9. The SMILES string of the molecule is Cc1ccc(C)c(NC(=O)CC2(CS)CC2)c1. The molecular formula is C14H19NOS. The maximum atomic E-state index is 11.9. The molecule has 17 heavy (non-hydrogen) atoms. The summed E-state index contributed by atoms with van der Waals surface area (Å²) in [5.74, 6) is 0.929. The monoisotopic (exact) mass is 249 g/mol. The number of carbonyl (C=O) groups is 1. The van der Waals surface area contributed by atoms with E-state index in [2.05, 4.69) is 24.0 Å². The lowest BCUT2D eigenvalue weighted by atomic mass is 10.0. The lowest BCUT2D eigenvalue weighted by Crippen LogP contribution is -2.18. The highest BCUT2D eigenvalue weighted by atomic mass is 32.1. The molecule has 1 N–H and O–H groups in total. The van der Waals surface area contributed by atoms with Gasteiger partial charge in [0.15, 0.2) is 0 Å². The molecule has 1 aliphatic carbocycles. The Morgan fingerprint density at radius 1 is 1.41 bits per heavy atom. The van der Waals surface area contributed by atoms with Crippen molar-refractivity contribution in [3.8, 4) is 0 Å². The van der Waals surface area contributed by atoms with Crippen LogP contribution >= 0.6 is 12.6 Å². The van der Waals surface area contributed by atoms with E-state index in [0.717, 1.165) is 29.8 Å². The third-order valence-corrected chi connectivity index (χ3v) is 4.17. The maximum absolute atomic E-state index is 11.9. The Balaban J connectivity index is 2.00. The molecule has 0 radical (unpaired) electrons. The molecule has 1 saturated carbocycles. The second-order valence-corrected chi connectivity index (χ2v) is 5.52. The summed E-state index contributed by atoms with van der Waals surface area (Å²) in [5.41, 5.74) is 3.40. The van der Waals surface area contributed by atoms with Gasteiger partial charge in [-0.1, -0.05) is 12.1 Å². The molecule has 0 saturated heterocycles. The quantitative estimate of drug-likeness (QED) is 0.787. The van der Waals surface area contributed by atoms with Gasteiger partial charge < -0.3 is 5.32 Å². The molecule has 1 aromatic rings. The average molecular weight is 249 g/mol.